The predicted molar refractivity (Wildman–Crippen MR) is 58.0 cm³/mol. The third-order valence-electron chi connectivity index (χ3n) is 2.92. The summed E-state index contributed by atoms with van der Waals surface area (Å²) in [4.78, 5) is -2.27. The number of hydrogen-bond donors (Lipinski definition) is 0. The molecule has 0 spiro atoms. The van der Waals surface area contributed by atoms with Gasteiger partial charge in [-0.1, -0.05) is 17.7 Å². The summed E-state index contributed by atoms with van der Waals surface area (Å²) in [6, 6.07) is 4.55. The number of aryl methyl sites for hydroxylation is 1. The fraction of sp³-hybridized carbons (Fsp3) is 0.455. The molecule has 0 bridgehead atoms. The Kier molecular flexibility index (Phi) is 2.87. The molecular weight excluding hydrogens is 260 g/mol. The largest absolute Gasteiger partial charge is 0.411 e. The standard InChI is InChI=1S/C11H9Cl2F3/c12-8-4-3-7-2-1-5-10(13,9(7)6-8)11(14,15)16/h3-4,6H,1-2,5H2. The van der Waals surface area contributed by atoms with Gasteiger partial charge in [-0.2, -0.15) is 13.2 Å². The number of halogens is 5. The van der Waals surface area contributed by atoms with E-state index in [4.69, 9.17) is 23.2 Å². The van der Waals surface area contributed by atoms with Crippen molar-refractivity contribution in [2.75, 3.05) is 0 Å². The quantitative estimate of drug-likeness (QED) is 0.600. The summed E-state index contributed by atoms with van der Waals surface area (Å²) >= 11 is 11.5. The fourth-order valence-electron chi connectivity index (χ4n) is 2.09. The molecule has 0 nitrogen and oxygen atoms in total. The lowest BCUT2D eigenvalue weighted by Crippen LogP contribution is -2.40. The van der Waals surface area contributed by atoms with E-state index in [0.29, 0.717) is 18.4 Å². The van der Waals surface area contributed by atoms with Crippen molar-refractivity contribution in [1.29, 1.82) is 0 Å². The smallest absolute Gasteiger partial charge is 0.169 e. The maximum absolute atomic E-state index is 13.0. The minimum atomic E-state index is -4.45. The van der Waals surface area contributed by atoms with Crippen LogP contribution in [0.2, 0.25) is 5.02 Å². The Morgan fingerprint density at radius 1 is 1.25 bits per heavy atom. The van der Waals surface area contributed by atoms with Gasteiger partial charge in [0.1, 0.15) is 0 Å². The van der Waals surface area contributed by atoms with Crippen molar-refractivity contribution in [2.24, 2.45) is 0 Å². The summed E-state index contributed by atoms with van der Waals surface area (Å²) < 4.78 is 38.9. The van der Waals surface area contributed by atoms with E-state index in [0.717, 1.165) is 0 Å². The number of fused-ring (bicyclic) bond motifs is 1. The molecule has 2 rings (SSSR count). The fourth-order valence-corrected chi connectivity index (χ4v) is 2.57. The van der Waals surface area contributed by atoms with Gasteiger partial charge in [-0.25, -0.2) is 0 Å². The zero-order valence-corrected chi connectivity index (χ0v) is 9.76. The van der Waals surface area contributed by atoms with Crippen LogP contribution in [0.15, 0.2) is 18.2 Å². The van der Waals surface area contributed by atoms with Crippen LogP contribution in [0.5, 0.6) is 0 Å². The Morgan fingerprint density at radius 2 is 1.94 bits per heavy atom. The van der Waals surface area contributed by atoms with Crippen molar-refractivity contribution in [3.8, 4) is 0 Å². The van der Waals surface area contributed by atoms with Gasteiger partial charge in [-0.15, -0.1) is 11.6 Å². The molecule has 0 aliphatic heterocycles. The molecule has 16 heavy (non-hydrogen) atoms. The molecule has 1 aromatic rings. The molecule has 0 saturated carbocycles. The minimum absolute atomic E-state index is 0.0919. The maximum Gasteiger partial charge on any atom is 0.411 e. The van der Waals surface area contributed by atoms with E-state index >= 15 is 0 Å². The Labute approximate surface area is 101 Å². The molecular formula is C11H9Cl2F3. The van der Waals surface area contributed by atoms with Crippen LogP contribution in [0.25, 0.3) is 0 Å². The molecule has 1 atom stereocenters. The van der Waals surface area contributed by atoms with E-state index in [2.05, 4.69) is 0 Å². The third-order valence-corrected chi connectivity index (χ3v) is 3.76. The zero-order chi connectivity index (χ0) is 12.0. The highest BCUT2D eigenvalue weighted by atomic mass is 35.5. The first kappa shape index (κ1) is 12.1. The maximum atomic E-state index is 13.0. The van der Waals surface area contributed by atoms with Crippen molar-refractivity contribution < 1.29 is 13.2 Å². The highest BCUT2D eigenvalue weighted by Gasteiger charge is 2.56. The van der Waals surface area contributed by atoms with Crippen LogP contribution < -0.4 is 0 Å². The van der Waals surface area contributed by atoms with Gasteiger partial charge in [0.05, 0.1) is 0 Å². The lowest BCUT2D eigenvalue weighted by molar-refractivity contribution is -0.168. The molecule has 1 aromatic carbocycles. The van der Waals surface area contributed by atoms with E-state index in [9.17, 15) is 13.2 Å². The van der Waals surface area contributed by atoms with E-state index in [1.54, 1.807) is 12.1 Å². The molecule has 1 unspecified atom stereocenters. The van der Waals surface area contributed by atoms with Crippen molar-refractivity contribution in [3.05, 3.63) is 34.3 Å². The first-order chi connectivity index (χ1) is 7.34. The van der Waals surface area contributed by atoms with Gasteiger partial charge in [0, 0.05) is 5.02 Å². The number of benzene rings is 1. The first-order valence-electron chi connectivity index (χ1n) is 4.89. The average molecular weight is 269 g/mol. The topological polar surface area (TPSA) is 0 Å². The highest BCUT2D eigenvalue weighted by molar-refractivity contribution is 6.31. The van der Waals surface area contributed by atoms with Crippen molar-refractivity contribution in [3.63, 3.8) is 0 Å². The first-order valence-corrected chi connectivity index (χ1v) is 5.65. The van der Waals surface area contributed by atoms with Gasteiger partial charge >= 0.3 is 6.18 Å². The lowest BCUT2D eigenvalue weighted by Gasteiger charge is -2.35. The van der Waals surface area contributed by atoms with Gasteiger partial charge in [0.2, 0.25) is 0 Å². The van der Waals surface area contributed by atoms with Crippen molar-refractivity contribution in [2.45, 2.75) is 30.3 Å². The molecule has 0 heterocycles. The third kappa shape index (κ3) is 1.80. The summed E-state index contributed by atoms with van der Waals surface area (Å²) in [7, 11) is 0. The van der Waals surface area contributed by atoms with Gasteiger partial charge in [0.15, 0.2) is 4.87 Å². The second-order valence-corrected chi connectivity index (χ2v) is 5.04. The molecule has 0 saturated heterocycles. The molecule has 0 radical (unpaired) electrons. The Balaban J connectivity index is 2.59. The second kappa shape index (κ2) is 3.81. The van der Waals surface area contributed by atoms with Gasteiger partial charge in [-0.05, 0) is 42.5 Å². The molecule has 0 aromatic heterocycles. The Hall–Kier alpha value is -0.410. The van der Waals surface area contributed by atoms with Crippen LogP contribution in [0.3, 0.4) is 0 Å². The average Bonchev–Trinajstić information content (AvgIpc) is 2.18. The predicted octanol–water partition coefficient (Wildman–Crippen LogP) is 4.67. The second-order valence-electron chi connectivity index (χ2n) is 3.95. The summed E-state index contributed by atoms with van der Waals surface area (Å²) in [6.07, 6.45) is -3.48. The molecule has 88 valence electrons. The van der Waals surface area contributed by atoms with Crippen LogP contribution in [0.4, 0.5) is 13.2 Å². The van der Waals surface area contributed by atoms with Crippen LogP contribution >= 0.6 is 23.2 Å². The van der Waals surface area contributed by atoms with Gasteiger partial charge < -0.3 is 0 Å². The van der Waals surface area contributed by atoms with E-state index in [1.807, 2.05) is 0 Å². The number of hydrogen-bond acceptors (Lipinski definition) is 0. The monoisotopic (exact) mass is 268 g/mol. The molecule has 0 N–H and O–H groups in total. The minimum Gasteiger partial charge on any atom is -0.169 e. The van der Waals surface area contributed by atoms with Crippen molar-refractivity contribution in [1.82, 2.24) is 0 Å². The SMILES string of the molecule is FC(F)(F)C1(Cl)CCCc2ccc(Cl)cc21. The van der Waals surface area contributed by atoms with Crippen LogP contribution in [0.1, 0.15) is 24.0 Å². The zero-order valence-electron chi connectivity index (χ0n) is 8.24. The van der Waals surface area contributed by atoms with Crippen molar-refractivity contribution >= 4 is 23.2 Å². The Bertz CT molecular complexity index is 414. The number of alkyl halides is 4. The lowest BCUT2D eigenvalue weighted by atomic mass is 9.81. The summed E-state index contributed by atoms with van der Waals surface area (Å²) in [5.74, 6) is 0. The summed E-state index contributed by atoms with van der Waals surface area (Å²) in [5, 5.41) is 0.287. The normalized spacial score (nSPS) is 25.3. The molecule has 1 aliphatic carbocycles. The number of rotatable bonds is 0. The summed E-state index contributed by atoms with van der Waals surface area (Å²) in [5.41, 5.74) is 0.753. The molecule has 1 aliphatic rings. The molecule has 0 fully saturated rings. The molecule has 0 amide bonds. The van der Waals surface area contributed by atoms with Crippen LogP contribution in [-0.2, 0) is 11.3 Å². The van der Waals surface area contributed by atoms with Crippen LogP contribution in [0, 0.1) is 0 Å². The van der Waals surface area contributed by atoms with Gasteiger partial charge in [0.25, 0.3) is 0 Å². The van der Waals surface area contributed by atoms with Crippen LogP contribution in [-0.4, -0.2) is 6.18 Å². The van der Waals surface area contributed by atoms with E-state index < -0.39 is 11.1 Å². The van der Waals surface area contributed by atoms with E-state index in [-0.39, 0.29) is 17.0 Å². The Morgan fingerprint density at radius 3 is 2.56 bits per heavy atom. The van der Waals surface area contributed by atoms with Gasteiger partial charge in [-0.3, -0.25) is 0 Å². The summed E-state index contributed by atoms with van der Waals surface area (Å²) in [6.45, 7) is 0. The molecule has 5 heteroatoms. The highest BCUT2D eigenvalue weighted by Crippen LogP contribution is 2.52. The van der Waals surface area contributed by atoms with E-state index in [1.165, 1.54) is 6.07 Å².